The highest BCUT2D eigenvalue weighted by atomic mass is 35.5. The minimum Gasteiger partial charge on any atom is -0.508 e. The van der Waals surface area contributed by atoms with Gasteiger partial charge in [-0.15, -0.1) is 0 Å². The SMILES string of the molecule is CN1CC(=O)N2C(CN(Cc3ccc(Cl)cc3)C(=O)[C@@H]2Cc2ccc(O)cc2)N1C=O. The monoisotopic (exact) mass is 442 g/mol. The summed E-state index contributed by atoms with van der Waals surface area (Å²) in [5.41, 5.74) is 1.72. The van der Waals surface area contributed by atoms with Crippen LogP contribution in [0.2, 0.25) is 5.02 Å². The molecule has 8 nitrogen and oxygen atoms in total. The first-order chi connectivity index (χ1) is 14.9. The van der Waals surface area contributed by atoms with Crippen molar-refractivity contribution in [2.75, 3.05) is 20.1 Å². The van der Waals surface area contributed by atoms with E-state index in [1.807, 2.05) is 12.1 Å². The van der Waals surface area contributed by atoms with Gasteiger partial charge in [-0.05, 0) is 35.4 Å². The van der Waals surface area contributed by atoms with Crippen LogP contribution in [0.25, 0.3) is 0 Å². The van der Waals surface area contributed by atoms with Crippen LogP contribution < -0.4 is 0 Å². The molecule has 4 rings (SSSR count). The van der Waals surface area contributed by atoms with Crippen LogP contribution in [0.3, 0.4) is 0 Å². The third kappa shape index (κ3) is 4.22. The highest BCUT2D eigenvalue weighted by Crippen LogP contribution is 2.28. The fourth-order valence-electron chi connectivity index (χ4n) is 4.19. The maximum atomic E-state index is 13.5. The number of fused-ring (bicyclic) bond motifs is 1. The van der Waals surface area contributed by atoms with Crippen LogP contribution in [-0.4, -0.2) is 75.5 Å². The molecule has 31 heavy (non-hydrogen) atoms. The van der Waals surface area contributed by atoms with Gasteiger partial charge < -0.3 is 14.9 Å². The molecular formula is C22H23ClN4O4. The zero-order chi connectivity index (χ0) is 22.1. The minimum atomic E-state index is -0.751. The van der Waals surface area contributed by atoms with Crippen LogP contribution in [-0.2, 0) is 27.3 Å². The van der Waals surface area contributed by atoms with Gasteiger partial charge in [0.25, 0.3) is 0 Å². The van der Waals surface area contributed by atoms with Crippen molar-refractivity contribution in [3.63, 3.8) is 0 Å². The molecule has 0 saturated carbocycles. The Bertz CT molecular complexity index is 982. The van der Waals surface area contributed by atoms with Crippen molar-refractivity contribution in [3.05, 3.63) is 64.7 Å². The van der Waals surface area contributed by atoms with Gasteiger partial charge in [0.05, 0.1) is 13.1 Å². The van der Waals surface area contributed by atoms with Crippen molar-refractivity contribution in [2.24, 2.45) is 0 Å². The van der Waals surface area contributed by atoms with Crippen molar-refractivity contribution in [2.45, 2.75) is 25.2 Å². The molecule has 1 unspecified atom stereocenters. The van der Waals surface area contributed by atoms with Crippen LogP contribution in [0, 0.1) is 0 Å². The molecule has 2 aliphatic rings. The number of rotatable bonds is 5. The first-order valence-corrected chi connectivity index (χ1v) is 10.3. The van der Waals surface area contributed by atoms with E-state index in [1.165, 1.54) is 9.91 Å². The summed E-state index contributed by atoms with van der Waals surface area (Å²) in [6, 6.07) is 13.0. The quantitative estimate of drug-likeness (QED) is 0.709. The van der Waals surface area contributed by atoms with Crippen molar-refractivity contribution in [3.8, 4) is 5.75 Å². The Labute approximate surface area is 185 Å². The molecule has 2 aliphatic heterocycles. The fourth-order valence-corrected chi connectivity index (χ4v) is 4.32. The summed E-state index contributed by atoms with van der Waals surface area (Å²) in [5.74, 6) is -0.249. The standard InChI is InChI=1S/C22H23ClN4O4/c1-24-13-21(30)27-19(10-15-4-8-18(29)9-5-15)22(31)25(12-20(27)26(24)14-28)11-16-2-6-17(23)7-3-16/h2-9,14,19-20,29H,10-13H2,1H3/t19-,20?/m0/s1. The summed E-state index contributed by atoms with van der Waals surface area (Å²) in [6.07, 6.45) is 0.392. The van der Waals surface area contributed by atoms with E-state index in [2.05, 4.69) is 0 Å². The largest absolute Gasteiger partial charge is 0.508 e. The number of hydrazine groups is 1. The zero-order valence-electron chi connectivity index (χ0n) is 17.0. The summed E-state index contributed by atoms with van der Waals surface area (Å²) in [6.45, 7) is 0.575. The van der Waals surface area contributed by atoms with E-state index in [0.29, 0.717) is 18.0 Å². The van der Waals surface area contributed by atoms with Gasteiger partial charge >= 0.3 is 0 Å². The predicted molar refractivity (Wildman–Crippen MR) is 114 cm³/mol. The number of carbonyl (C=O) groups is 3. The molecule has 0 radical (unpaired) electrons. The number of phenolic OH excluding ortho intramolecular Hbond substituents is 1. The Morgan fingerprint density at radius 3 is 2.35 bits per heavy atom. The summed E-state index contributed by atoms with van der Waals surface area (Å²) in [4.78, 5) is 41.4. The number of likely N-dealkylation sites (N-methyl/N-ethyl adjacent to an activating group) is 1. The molecular weight excluding hydrogens is 420 g/mol. The van der Waals surface area contributed by atoms with Crippen molar-refractivity contribution < 1.29 is 19.5 Å². The number of hydrogen-bond donors (Lipinski definition) is 1. The second-order valence-electron chi connectivity index (χ2n) is 7.81. The number of hydrogen-bond acceptors (Lipinski definition) is 5. The minimum absolute atomic E-state index is 0.0196. The van der Waals surface area contributed by atoms with Crippen molar-refractivity contribution >= 4 is 29.8 Å². The molecule has 162 valence electrons. The number of carbonyl (C=O) groups excluding carboxylic acids is 3. The van der Waals surface area contributed by atoms with Gasteiger partial charge in [-0.25, -0.2) is 5.01 Å². The van der Waals surface area contributed by atoms with Crippen LogP contribution >= 0.6 is 11.6 Å². The number of piperazine rings is 1. The molecule has 2 atom stereocenters. The van der Waals surface area contributed by atoms with Gasteiger partial charge in [-0.2, -0.15) is 0 Å². The maximum absolute atomic E-state index is 13.5. The number of halogens is 1. The lowest BCUT2D eigenvalue weighted by molar-refractivity contribution is -0.196. The lowest BCUT2D eigenvalue weighted by atomic mass is 9.98. The van der Waals surface area contributed by atoms with Crippen molar-refractivity contribution in [1.29, 1.82) is 0 Å². The number of amides is 3. The van der Waals surface area contributed by atoms with E-state index in [-0.39, 0.29) is 37.1 Å². The Hall–Kier alpha value is -3.10. The molecule has 2 aromatic carbocycles. The second-order valence-corrected chi connectivity index (χ2v) is 8.25. The lowest BCUT2D eigenvalue weighted by Gasteiger charge is -2.53. The van der Waals surface area contributed by atoms with Gasteiger partial charge in [0, 0.05) is 25.0 Å². The van der Waals surface area contributed by atoms with E-state index in [4.69, 9.17) is 11.6 Å². The highest BCUT2D eigenvalue weighted by molar-refractivity contribution is 6.30. The lowest BCUT2D eigenvalue weighted by Crippen LogP contribution is -2.74. The average molecular weight is 443 g/mol. The van der Waals surface area contributed by atoms with Gasteiger partial charge in [-0.3, -0.25) is 19.4 Å². The molecule has 0 bridgehead atoms. The fraction of sp³-hybridized carbons (Fsp3) is 0.318. The van der Waals surface area contributed by atoms with Crippen LogP contribution in [0.1, 0.15) is 11.1 Å². The van der Waals surface area contributed by atoms with E-state index in [0.717, 1.165) is 11.1 Å². The number of benzene rings is 2. The van der Waals surface area contributed by atoms with Crippen LogP contribution in [0.5, 0.6) is 5.75 Å². The van der Waals surface area contributed by atoms with Crippen LogP contribution in [0.15, 0.2) is 48.5 Å². The number of phenols is 1. The van der Waals surface area contributed by atoms with E-state index in [1.54, 1.807) is 53.4 Å². The molecule has 3 amide bonds. The Kier molecular flexibility index (Phi) is 5.84. The van der Waals surface area contributed by atoms with Gasteiger partial charge in [0.2, 0.25) is 18.2 Å². The molecule has 2 fully saturated rings. The van der Waals surface area contributed by atoms with Gasteiger partial charge in [0.1, 0.15) is 18.0 Å². The van der Waals surface area contributed by atoms with E-state index >= 15 is 0 Å². The smallest absolute Gasteiger partial charge is 0.246 e. The molecule has 9 heteroatoms. The average Bonchev–Trinajstić information content (AvgIpc) is 2.74. The summed E-state index contributed by atoms with van der Waals surface area (Å²) < 4.78 is 0. The molecule has 2 saturated heterocycles. The van der Waals surface area contributed by atoms with E-state index in [9.17, 15) is 19.5 Å². The zero-order valence-corrected chi connectivity index (χ0v) is 17.8. The number of nitrogens with zero attached hydrogens (tertiary/aromatic N) is 4. The molecule has 2 heterocycles. The summed E-state index contributed by atoms with van der Waals surface area (Å²) in [5, 5.41) is 13.2. The molecule has 0 spiro atoms. The third-order valence-corrected chi connectivity index (χ3v) is 6.00. The molecule has 1 N–H and O–H groups in total. The Balaban J connectivity index is 1.67. The highest BCUT2D eigenvalue weighted by Gasteiger charge is 2.48. The Morgan fingerprint density at radius 1 is 1.06 bits per heavy atom. The molecule has 0 aliphatic carbocycles. The van der Waals surface area contributed by atoms with Gasteiger partial charge in [-0.1, -0.05) is 35.9 Å². The normalized spacial score (nSPS) is 21.9. The summed E-state index contributed by atoms with van der Waals surface area (Å²) in [7, 11) is 1.68. The topological polar surface area (TPSA) is 84.4 Å². The van der Waals surface area contributed by atoms with Crippen LogP contribution in [0.4, 0.5) is 0 Å². The van der Waals surface area contributed by atoms with E-state index < -0.39 is 12.2 Å². The first-order valence-electron chi connectivity index (χ1n) is 9.94. The molecule has 2 aromatic rings. The van der Waals surface area contributed by atoms with Crippen molar-refractivity contribution in [1.82, 2.24) is 19.8 Å². The third-order valence-electron chi connectivity index (χ3n) is 5.75. The first kappa shape index (κ1) is 21.1. The second kappa shape index (κ2) is 8.56. The van der Waals surface area contributed by atoms with Gasteiger partial charge in [0.15, 0.2) is 0 Å². The summed E-state index contributed by atoms with van der Waals surface area (Å²) >= 11 is 5.98. The predicted octanol–water partition coefficient (Wildman–Crippen LogP) is 1.47. The number of aromatic hydroxyl groups is 1. The Morgan fingerprint density at radius 2 is 1.71 bits per heavy atom. The maximum Gasteiger partial charge on any atom is 0.246 e. The molecule has 0 aromatic heterocycles.